The molecule has 0 radical (unpaired) electrons. The minimum atomic E-state index is -5.08. The van der Waals surface area contributed by atoms with Gasteiger partial charge in [0, 0.05) is 17.3 Å². The van der Waals surface area contributed by atoms with E-state index in [-0.39, 0.29) is 22.7 Å². The number of carbonyl (C=O) groups excluding carboxylic acids is 1. The monoisotopic (exact) mass is 704 g/mol. The summed E-state index contributed by atoms with van der Waals surface area (Å²) in [5, 5.41) is 15.2. The predicted molar refractivity (Wildman–Crippen MR) is 180 cm³/mol. The number of aromatic nitrogens is 1. The highest BCUT2D eigenvalue weighted by atomic mass is 32.2. The molecule has 1 heterocycles. The fraction of sp³-hybridized carbons (Fsp3) is 0.324. The van der Waals surface area contributed by atoms with Gasteiger partial charge in [0.1, 0.15) is 11.9 Å². The number of anilines is 2. The summed E-state index contributed by atoms with van der Waals surface area (Å²) in [5.74, 6) is -1.62. The summed E-state index contributed by atoms with van der Waals surface area (Å²) < 4.78 is 69.1. The van der Waals surface area contributed by atoms with Gasteiger partial charge in [-0.2, -0.15) is 13.2 Å². The zero-order valence-corrected chi connectivity index (χ0v) is 28.4. The van der Waals surface area contributed by atoms with Crippen LogP contribution in [0.5, 0.6) is 11.5 Å². The molecule has 0 aliphatic rings. The lowest BCUT2D eigenvalue weighted by atomic mass is 10.0. The molecule has 1 unspecified atom stereocenters. The Morgan fingerprint density at radius 2 is 1.65 bits per heavy atom. The molecule has 264 valence electrons. The average molecular weight is 705 g/mol. The number of hydrogen-bond donors (Lipinski definition) is 4. The highest BCUT2D eigenvalue weighted by molar-refractivity contribution is 7.91. The molecule has 0 fully saturated rings. The lowest BCUT2D eigenvalue weighted by Gasteiger charge is -2.25. The number of aliphatic carboxylic acids is 1. The third-order valence-electron chi connectivity index (χ3n) is 7.03. The number of fused-ring (bicyclic) bond motifs is 1. The number of carboxylic acids is 1. The quantitative estimate of drug-likeness (QED) is 0.128. The second-order valence-electron chi connectivity index (χ2n) is 11.0. The molecule has 0 spiro atoms. The van der Waals surface area contributed by atoms with E-state index in [9.17, 15) is 26.4 Å². The summed E-state index contributed by atoms with van der Waals surface area (Å²) in [6.07, 6.45) is -3.51. The van der Waals surface area contributed by atoms with E-state index in [1.807, 2.05) is 51.1 Å². The molecule has 4 rings (SSSR count). The number of alkyl halides is 3. The molecular formula is C34H39F3N4O7S. The molecule has 0 saturated carbocycles. The number of sulfone groups is 1. The van der Waals surface area contributed by atoms with E-state index in [0.29, 0.717) is 40.7 Å². The van der Waals surface area contributed by atoms with E-state index in [1.54, 1.807) is 56.4 Å². The van der Waals surface area contributed by atoms with Crippen molar-refractivity contribution in [3.05, 3.63) is 84.1 Å². The van der Waals surface area contributed by atoms with Gasteiger partial charge in [-0.1, -0.05) is 31.2 Å². The molecule has 0 bridgehead atoms. The van der Waals surface area contributed by atoms with Crippen LogP contribution in [0.15, 0.2) is 77.8 Å². The van der Waals surface area contributed by atoms with E-state index in [0.717, 1.165) is 10.8 Å². The van der Waals surface area contributed by atoms with Crippen molar-refractivity contribution in [3.8, 4) is 11.5 Å². The van der Waals surface area contributed by atoms with Crippen molar-refractivity contribution in [1.29, 1.82) is 0 Å². The molecule has 15 heteroatoms. The third kappa shape index (κ3) is 10.2. The lowest BCUT2D eigenvalue weighted by molar-refractivity contribution is -0.192. The van der Waals surface area contributed by atoms with Crippen LogP contribution in [0, 0.1) is 0 Å². The van der Waals surface area contributed by atoms with Crippen molar-refractivity contribution < 1.29 is 45.8 Å². The molecular weight excluding hydrogens is 665 g/mol. The van der Waals surface area contributed by atoms with Gasteiger partial charge in [-0.25, -0.2) is 18.2 Å². The third-order valence-corrected chi connectivity index (χ3v) is 8.84. The van der Waals surface area contributed by atoms with Gasteiger partial charge in [-0.3, -0.25) is 4.79 Å². The molecule has 49 heavy (non-hydrogen) atoms. The topological polar surface area (TPSA) is 170 Å². The number of nitrogens with one attached hydrogen (secondary N) is 2. The molecule has 3 aromatic carbocycles. The number of carboxylic acid groups (broad SMARTS) is 1. The van der Waals surface area contributed by atoms with Crippen molar-refractivity contribution in [2.45, 2.75) is 63.9 Å². The molecule has 11 nitrogen and oxygen atoms in total. The lowest BCUT2D eigenvalue weighted by Crippen LogP contribution is -2.35. The summed E-state index contributed by atoms with van der Waals surface area (Å²) in [4.78, 5) is 27.2. The Bertz CT molecular complexity index is 1890. The molecule has 0 aliphatic carbocycles. The van der Waals surface area contributed by atoms with Crippen LogP contribution < -0.4 is 25.8 Å². The maximum atomic E-state index is 14.0. The first-order valence-corrected chi connectivity index (χ1v) is 16.9. The second kappa shape index (κ2) is 16.4. The summed E-state index contributed by atoms with van der Waals surface area (Å²) in [5.41, 5.74) is 7.89. The fourth-order valence-corrected chi connectivity index (χ4v) is 5.93. The smallest absolute Gasteiger partial charge is 0.490 e. The number of benzene rings is 3. The van der Waals surface area contributed by atoms with Crippen LogP contribution >= 0.6 is 0 Å². The van der Waals surface area contributed by atoms with E-state index < -0.39 is 34.1 Å². The number of pyridine rings is 1. The van der Waals surface area contributed by atoms with Gasteiger partial charge in [-0.05, 0) is 86.7 Å². The first-order valence-electron chi connectivity index (χ1n) is 15.2. The van der Waals surface area contributed by atoms with Gasteiger partial charge in [0.15, 0.2) is 21.3 Å². The Balaban J connectivity index is 0.000000838. The molecule has 1 aromatic heterocycles. The Morgan fingerprint density at radius 1 is 0.980 bits per heavy atom. The number of rotatable bonds is 12. The SMILES string of the molecule is CCOc1cc(C(Nc2ccc3c(N)nccc3c2)C(=O)N[C@H](C)c2ccccc2S(=O)(=O)CC)ccc1OC(C)C.O=C(O)C(F)(F)F. The zero-order chi connectivity index (χ0) is 36.5. The minimum absolute atomic E-state index is 0.0398. The maximum Gasteiger partial charge on any atom is 0.490 e. The molecule has 0 aliphatic heterocycles. The number of ether oxygens (including phenoxy) is 2. The molecule has 2 atom stereocenters. The van der Waals surface area contributed by atoms with E-state index in [2.05, 4.69) is 15.6 Å². The van der Waals surface area contributed by atoms with Crippen LogP contribution in [-0.4, -0.2) is 55.0 Å². The Kier molecular flexibility index (Phi) is 12.8. The van der Waals surface area contributed by atoms with Crippen LogP contribution in [0.2, 0.25) is 0 Å². The number of hydrogen-bond acceptors (Lipinski definition) is 9. The number of halogens is 3. The second-order valence-corrected chi connectivity index (χ2v) is 13.2. The highest BCUT2D eigenvalue weighted by Crippen LogP contribution is 2.34. The van der Waals surface area contributed by atoms with Crippen molar-refractivity contribution in [2.24, 2.45) is 0 Å². The standard InChI is InChI=1S/C32H38N4O5S.C2HF3O2/c1-6-40-28-19-23(12-15-27(28)41-20(3)4)30(36-24-13-14-26-22(18-24)16-17-34-31(26)33)32(37)35-21(5)25-10-8-9-11-29(25)42(38,39)7-2;3-2(4,5)1(6)7/h8-21,30,36H,6-7H2,1-5H3,(H2,33,34)(H,35,37);(H,6,7)/t21-,30?;/m1./s1. The van der Waals surface area contributed by atoms with Crippen LogP contribution in [-0.2, 0) is 19.4 Å². The van der Waals surface area contributed by atoms with Gasteiger partial charge >= 0.3 is 12.1 Å². The van der Waals surface area contributed by atoms with Gasteiger partial charge in [0.25, 0.3) is 0 Å². The van der Waals surface area contributed by atoms with Gasteiger partial charge in [-0.15, -0.1) is 0 Å². The Labute approximate surface area is 282 Å². The largest absolute Gasteiger partial charge is 0.490 e. The van der Waals surface area contributed by atoms with Crippen LogP contribution in [0.4, 0.5) is 24.7 Å². The first kappa shape index (κ1) is 38.4. The Hall–Kier alpha value is -5.05. The van der Waals surface area contributed by atoms with Crippen molar-refractivity contribution >= 4 is 44.0 Å². The molecule has 5 N–H and O–H groups in total. The van der Waals surface area contributed by atoms with E-state index in [4.69, 9.17) is 25.1 Å². The van der Waals surface area contributed by atoms with E-state index in [1.165, 1.54) is 0 Å². The summed E-state index contributed by atoms with van der Waals surface area (Å²) >= 11 is 0. The first-order chi connectivity index (χ1) is 23.0. The number of amides is 1. The highest BCUT2D eigenvalue weighted by Gasteiger charge is 2.38. The summed E-state index contributed by atoms with van der Waals surface area (Å²) in [6.45, 7) is 9.54. The maximum absolute atomic E-state index is 14.0. The number of nitrogen functional groups attached to an aromatic ring is 1. The van der Waals surface area contributed by atoms with E-state index >= 15 is 0 Å². The number of nitrogens with zero attached hydrogens (tertiary/aromatic N) is 1. The van der Waals surface area contributed by atoms with Crippen molar-refractivity contribution in [3.63, 3.8) is 0 Å². The average Bonchev–Trinajstić information content (AvgIpc) is 3.04. The van der Waals surface area contributed by atoms with Gasteiger partial charge in [0.05, 0.1) is 29.4 Å². The number of nitrogens with two attached hydrogens (primary N) is 1. The van der Waals surface area contributed by atoms with Gasteiger partial charge in [0.2, 0.25) is 5.91 Å². The zero-order valence-electron chi connectivity index (χ0n) is 27.5. The predicted octanol–water partition coefficient (Wildman–Crippen LogP) is 6.46. The molecule has 1 amide bonds. The minimum Gasteiger partial charge on any atom is -0.490 e. The molecule has 0 saturated heterocycles. The van der Waals surface area contributed by atoms with Crippen molar-refractivity contribution in [1.82, 2.24) is 10.3 Å². The van der Waals surface area contributed by atoms with Gasteiger partial charge < -0.3 is 30.9 Å². The fourth-order valence-electron chi connectivity index (χ4n) is 4.73. The Morgan fingerprint density at radius 3 is 2.27 bits per heavy atom. The van der Waals surface area contributed by atoms with Crippen molar-refractivity contribution in [2.75, 3.05) is 23.4 Å². The number of carbonyl (C=O) groups is 2. The molecule has 4 aromatic rings. The van der Waals surface area contributed by atoms with Crippen LogP contribution in [0.25, 0.3) is 10.8 Å². The summed E-state index contributed by atoms with van der Waals surface area (Å²) in [6, 6.07) is 18.2. The normalized spacial score (nSPS) is 12.8. The van der Waals surface area contributed by atoms with Crippen LogP contribution in [0.3, 0.4) is 0 Å². The van der Waals surface area contributed by atoms with Crippen LogP contribution in [0.1, 0.15) is 57.8 Å². The summed E-state index contributed by atoms with van der Waals surface area (Å²) in [7, 11) is -3.49.